The summed E-state index contributed by atoms with van der Waals surface area (Å²) >= 11 is 18.7. The zero-order valence-corrected chi connectivity index (χ0v) is 19.0. The van der Waals surface area contributed by atoms with Gasteiger partial charge in [-0.2, -0.15) is 0 Å². The van der Waals surface area contributed by atoms with Gasteiger partial charge >= 0.3 is 0 Å². The van der Waals surface area contributed by atoms with Crippen molar-refractivity contribution in [2.45, 2.75) is 6.54 Å². The number of hydrogen-bond donors (Lipinski definition) is 0. The number of carbonyl (C=O) groups is 2. The molecule has 0 spiro atoms. The number of nitro groups is 1. The van der Waals surface area contributed by atoms with Gasteiger partial charge in [0.25, 0.3) is 16.8 Å². The Kier molecular flexibility index (Phi) is 6.30. The zero-order valence-electron chi connectivity index (χ0n) is 15.9. The molecule has 11 heteroatoms. The molecule has 162 valence electrons. The van der Waals surface area contributed by atoms with Crippen LogP contribution >= 0.6 is 46.6 Å². The highest BCUT2D eigenvalue weighted by Gasteiger charge is 2.35. The second kappa shape index (κ2) is 8.99. The van der Waals surface area contributed by atoms with E-state index < -0.39 is 16.1 Å². The van der Waals surface area contributed by atoms with Crippen LogP contribution in [0.5, 0.6) is 0 Å². The first kappa shape index (κ1) is 22.4. The van der Waals surface area contributed by atoms with Crippen LogP contribution in [-0.2, 0) is 11.3 Å². The predicted octanol–water partition coefficient (Wildman–Crippen LogP) is 7.05. The molecule has 1 fully saturated rings. The molecule has 0 radical (unpaired) electrons. The standard InChI is InChI=1S/C21H11Cl3N2O5S/c22-13-3-1-12(16(24)8-13)10-25-20(27)19(32-21(25)28)9-14-4-6-18(31-14)11-2-5-15(23)17(7-11)26(29)30/h1-9H,10H2/b19-9-. The number of halogens is 3. The first-order valence-corrected chi connectivity index (χ1v) is 10.9. The predicted molar refractivity (Wildman–Crippen MR) is 124 cm³/mol. The topological polar surface area (TPSA) is 93.7 Å². The quantitative estimate of drug-likeness (QED) is 0.208. The summed E-state index contributed by atoms with van der Waals surface area (Å²) < 4.78 is 5.70. The summed E-state index contributed by atoms with van der Waals surface area (Å²) in [5, 5.41) is 11.5. The second-order valence-electron chi connectivity index (χ2n) is 6.63. The van der Waals surface area contributed by atoms with Gasteiger partial charge in [0.05, 0.1) is 16.4 Å². The molecule has 4 rings (SSSR count). The van der Waals surface area contributed by atoms with Crippen molar-refractivity contribution in [2.75, 3.05) is 0 Å². The van der Waals surface area contributed by atoms with Crippen LogP contribution in [0.1, 0.15) is 11.3 Å². The fourth-order valence-electron chi connectivity index (χ4n) is 2.98. The molecule has 1 aliphatic heterocycles. The summed E-state index contributed by atoms with van der Waals surface area (Å²) in [7, 11) is 0. The van der Waals surface area contributed by atoms with Gasteiger partial charge in [-0.05, 0) is 53.7 Å². The maximum Gasteiger partial charge on any atom is 0.293 e. The van der Waals surface area contributed by atoms with Crippen molar-refractivity contribution in [2.24, 2.45) is 0 Å². The van der Waals surface area contributed by atoms with E-state index in [1.54, 1.807) is 36.4 Å². The normalized spacial score (nSPS) is 15.1. The fraction of sp³-hybridized carbons (Fsp3) is 0.0476. The molecule has 0 aliphatic carbocycles. The number of thioether (sulfide) groups is 1. The molecule has 0 bridgehead atoms. The van der Waals surface area contributed by atoms with Crippen molar-refractivity contribution >= 4 is 69.5 Å². The van der Waals surface area contributed by atoms with Crippen LogP contribution in [0.15, 0.2) is 57.9 Å². The highest BCUT2D eigenvalue weighted by molar-refractivity contribution is 8.18. The first-order chi connectivity index (χ1) is 15.2. The Morgan fingerprint density at radius 3 is 2.53 bits per heavy atom. The molecule has 0 N–H and O–H groups in total. The number of nitrogens with zero attached hydrogens (tertiary/aromatic N) is 2. The highest BCUT2D eigenvalue weighted by atomic mass is 35.5. The van der Waals surface area contributed by atoms with Gasteiger partial charge in [0.15, 0.2) is 0 Å². The number of rotatable bonds is 5. The lowest BCUT2D eigenvalue weighted by Crippen LogP contribution is -2.27. The summed E-state index contributed by atoms with van der Waals surface area (Å²) in [6.07, 6.45) is 1.45. The van der Waals surface area contributed by atoms with Crippen molar-refractivity contribution in [1.82, 2.24) is 4.90 Å². The molecule has 7 nitrogen and oxygen atoms in total. The Balaban J connectivity index is 1.56. The second-order valence-corrected chi connectivity index (χ2v) is 8.87. The molecular formula is C21H11Cl3N2O5S. The highest BCUT2D eigenvalue weighted by Crippen LogP contribution is 2.36. The molecule has 0 saturated carbocycles. The van der Waals surface area contributed by atoms with Gasteiger partial charge in [0.1, 0.15) is 16.5 Å². The fourth-order valence-corrected chi connectivity index (χ4v) is 4.45. The van der Waals surface area contributed by atoms with Crippen LogP contribution in [0, 0.1) is 10.1 Å². The SMILES string of the molecule is O=C1S/C(=C\c2ccc(-c3ccc(Cl)c([N+](=O)[O-])c3)o2)C(=O)N1Cc1ccc(Cl)cc1Cl. The number of amides is 2. The maximum absolute atomic E-state index is 12.8. The van der Waals surface area contributed by atoms with Crippen molar-refractivity contribution < 1.29 is 18.9 Å². The average Bonchev–Trinajstić information content (AvgIpc) is 3.30. The number of carbonyl (C=O) groups excluding carboxylic acids is 2. The molecular weight excluding hydrogens is 499 g/mol. The minimum Gasteiger partial charge on any atom is -0.457 e. The number of benzene rings is 2. The largest absolute Gasteiger partial charge is 0.457 e. The minimum absolute atomic E-state index is 0.00978. The van der Waals surface area contributed by atoms with Crippen molar-refractivity contribution in [3.05, 3.63) is 89.9 Å². The molecule has 1 saturated heterocycles. The van der Waals surface area contributed by atoms with Gasteiger partial charge in [0, 0.05) is 27.8 Å². The Hall–Kier alpha value is -2.78. The molecule has 0 atom stereocenters. The Morgan fingerprint density at radius 2 is 1.81 bits per heavy atom. The number of hydrogen-bond acceptors (Lipinski definition) is 6. The minimum atomic E-state index is -0.585. The molecule has 1 aliphatic rings. The van der Waals surface area contributed by atoms with Gasteiger partial charge in [-0.15, -0.1) is 0 Å². The van der Waals surface area contributed by atoms with Crippen LogP contribution in [0.2, 0.25) is 15.1 Å². The van der Waals surface area contributed by atoms with Gasteiger partial charge in [0.2, 0.25) is 0 Å². The zero-order chi connectivity index (χ0) is 23.0. The molecule has 2 heterocycles. The van der Waals surface area contributed by atoms with E-state index in [0.717, 1.165) is 16.7 Å². The van der Waals surface area contributed by atoms with Crippen LogP contribution in [-0.4, -0.2) is 21.0 Å². The van der Waals surface area contributed by atoms with E-state index in [9.17, 15) is 19.7 Å². The van der Waals surface area contributed by atoms with E-state index in [4.69, 9.17) is 39.2 Å². The van der Waals surface area contributed by atoms with E-state index >= 15 is 0 Å². The molecule has 2 amide bonds. The lowest BCUT2D eigenvalue weighted by Gasteiger charge is -2.13. The Labute approximate surface area is 200 Å². The number of nitro benzene ring substituents is 1. The molecule has 32 heavy (non-hydrogen) atoms. The Bertz CT molecular complexity index is 1300. The summed E-state index contributed by atoms with van der Waals surface area (Å²) in [5.41, 5.74) is 0.791. The van der Waals surface area contributed by atoms with E-state index in [1.165, 1.54) is 18.2 Å². The van der Waals surface area contributed by atoms with Crippen LogP contribution in [0.25, 0.3) is 17.4 Å². The summed E-state index contributed by atoms with van der Waals surface area (Å²) in [6, 6.07) is 12.3. The lowest BCUT2D eigenvalue weighted by molar-refractivity contribution is -0.384. The van der Waals surface area contributed by atoms with Gasteiger partial charge < -0.3 is 4.42 Å². The van der Waals surface area contributed by atoms with Crippen LogP contribution < -0.4 is 0 Å². The van der Waals surface area contributed by atoms with E-state index in [-0.39, 0.29) is 22.2 Å². The van der Waals surface area contributed by atoms with Crippen molar-refractivity contribution in [3.63, 3.8) is 0 Å². The monoisotopic (exact) mass is 508 g/mol. The smallest absolute Gasteiger partial charge is 0.293 e. The van der Waals surface area contributed by atoms with Crippen molar-refractivity contribution in [3.8, 4) is 11.3 Å². The third-order valence-electron chi connectivity index (χ3n) is 4.54. The summed E-state index contributed by atoms with van der Waals surface area (Å²) in [6.45, 7) is 0.00978. The van der Waals surface area contributed by atoms with E-state index in [0.29, 0.717) is 32.7 Å². The molecule has 2 aromatic carbocycles. The van der Waals surface area contributed by atoms with Crippen molar-refractivity contribution in [1.29, 1.82) is 0 Å². The van der Waals surface area contributed by atoms with Gasteiger partial charge in [-0.1, -0.05) is 40.9 Å². The number of furan rings is 1. The van der Waals surface area contributed by atoms with Crippen LogP contribution in [0.4, 0.5) is 10.5 Å². The van der Waals surface area contributed by atoms with Crippen LogP contribution in [0.3, 0.4) is 0 Å². The maximum atomic E-state index is 12.8. The van der Waals surface area contributed by atoms with E-state index in [1.807, 2.05) is 0 Å². The number of imide groups is 1. The Morgan fingerprint density at radius 1 is 1.03 bits per heavy atom. The molecule has 0 unspecified atom stereocenters. The average molecular weight is 510 g/mol. The van der Waals surface area contributed by atoms with Gasteiger partial charge in [-0.3, -0.25) is 24.6 Å². The third kappa shape index (κ3) is 4.54. The lowest BCUT2D eigenvalue weighted by atomic mass is 10.1. The summed E-state index contributed by atoms with van der Waals surface area (Å²) in [4.78, 5) is 36.9. The molecule has 3 aromatic rings. The van der Waals surface area contributed by atoms with E-state index in [2.05, 4.69) is 0 Å². The third-order valence-corrected chi connectivity index (χ3v) is 6.36. The van der Waals surface area contributed by atoms with Gasteiger partial charge in [-0.25, -0.2) is 0 Å². The summed E-state index contributed by atoms with van der Waals surface area (Å²) in [5.74, 6) is 0.182. The molecule has 1 aromatic heterocycles. The first-order valence-electron chi connectivity index (χ1n) is 8.96.